The number of anilines is 2. The van der Waals surface area contributed by atoms with E-state index in [0.717, 1.165) is 21.8 Å². The summed E-state index contributed by atoms with van der Waals surface area (Å²) >= 11 is 2.93. The third-order valence-corrected chi connectivity index (χ3v) is 4.79. The highest BCUT2D eigenvalue weighted by Gasteiger charge is 2.05. The number of hydrogen-bond donors (Lipinski definition) is 2. The van der Waals surface area contributed by atoms with Crippen LogP contribution < -0.4 is 11.1 Å². The summed E-state index contributed by atoms with van der Waals surface area (Å²) in [6, 6.07) is 17.5. The van der Waals surface area contributed by atoms with Crippen LogP contribution in [0.25, 0.3) is 11.3 Å². The highest BCUT2D eigenvalue weighted by molar-refractivity contribution is 8.00. The minimum atomic E-state index is -0.0236. The van der Waals surface area contributed by atoms with Crippen molar-refractivity contribution in [3.05, 3.63) is 60.0 Å². The fourth-order valence-electron chi connectivity index (χ4n) is 2.01. The zero-order valence-corrected chi connectivity index (χ0v) is 13.9. The van der Waals surface area contributed by atoms with Crippen molar-refractivity contribution in [2.75, 3.05) is 16.8 Å². The number of nitrogen functional groups attached to an aromatic ring is 1. The maximum absolute atomic E-state index is 12.0. The van der Waals surface area contributed by atoms with Crippen molar-refractivity contribution in [2.24, 2.45) is 0 Å². The summed E-state index contributed by atoms with van der Waals surface area (Å²) in [7, 11) is 0. The Bertz CT molecular complexity index is 785. The lowest BCUT2D eigenvalue weighted by atomic mass is 10.1. The molecule has 0 saturated carbocycles. The molecule has 0 spiro atoms. The number of carbonyl (C=O) groups is 1. The number of nitrogens with zero attached hydrogens (tertiary/aromatic N) is 1. The van der Waals surface area contributed by atoms with Crippen LogP contribution in [0.5, 0.6) is 0 Å². The van der Waals surface area contributed by atoms with E-state index in [1.165, 1.54) is 23.1 Å². The minimum absolute atomic E-state index is 0.0236. The number of nitrogens with one attached hydrogen (secondary N) is 1. The predicted octanol–water partition coefficient (Wildman–Crippen LogP) is 4.12. The van der Waals surface area contributed by atoms with Crippen molar-refractivity contribution in [3.63, 3.8) is 0 Å². The minimum Gasteiger partial charge on any atom is -0.375 e. The molecular weight excluding hydrogens is 326 g/mol. The van der Waals surface area contributed by atoms with Crippen LogP contribution in [0, 0.1) is 0 Å². The summed E-state index contributed by atoms with van der Waals surface area (Å²) in [6.45, 7) is 0. The maximum atomic E-state index is 12.0. The average molecular weight is 341 g/mol. The lowest BCUT2D eigenvalue weighted by molar-refractivity contribution is -0.113. The molecule has 4 nitrogen and oxygen atoms in total. The second-order valence-corrected chi connectivity index (χ2v) is 6.74. The third-order valence-electron chi connectivity index (χ3n) is 3.10. The largest absolute Gasteiger partial charge is 0.375 e. The molecule has 1 amide bonds. The second kappa shape index (κ2) is 7.30. The first-order valence-electron chi connectivity index (χ1n) is 7.00. The molecule has 0 bridgehead atoms. The van der Waals surface area contributed by atoms with Crippen LogP contribution >= 0.6 is 23.1 Å². The Balaban J connectivity index is 1.56. The molecule has 0 fully saturated rings. The first-order valence-corrected chi connectivity index (χ1v) is 8.86. The van der Waals surface area contributed by atoms with Crippen LogP contribution in [0.4, 0.5) is 10.8 Å². The fourth-order valence-corrected chi connectivity index (χ4v) is 3.30. The van der Waals surface area contributed by atoms with Gasteiger partial charge in [-0.3, -0.25) is 4.79 Å². The van der Waals surface area contributed by atoms with E-state index >= 15 is 0 Å². The summed E-state index contributed by atoms with van der Waals surface area (Å²) in [5.74, 6) is 0.360. The predicted molar refractivity (Wildman–Crippen MR) is 97.8 cm³/mol. The molecule has 3 N–H and O–H groups in total. The lowest BCUT2D eigenvalue weighted by Crippen LogP contribution is -2.13. The summed E-state index contributed by atoms with van der Waals surface area (Å²) in [5, 5.41) is 5.36. The van der Waals surface area contributed by atoms with E-state index in [1.807, 2.05) is 60.0 Å². The zero-order chi connectivity index (χ0) is 16.1. The van der Waals surface area contributed by atoms with Gasteiger partial charge in [-0.05, 0) is 24.3 Å². The molecule has 0 aliphatic heterocycles. The number of nitrogens with two attached hydrogens (primary N) is 1. The Morgan fingerprint density at radius 2 is 1.87 bits per heavy atom. The van der Waals surface area contributed by atoms with Crippen molar-refractivity contribution in [1.82, 2.24) is 4.98 Å². The first-order chi connectivity index (χ1) is 11.2. The Hall–Kier alpha value is -2.31. The molecule has 2 aromatic carbocycles. The molecule has 0 aliphatic rings. The number of benzene rings is 2. The van der Waals surface area contributed by atoms with Gasteiger partial charge in [0, 0.05) is 21.5 Å². The number of thiazole rings is 1. The Kier molecular flexibility index (Phi) is 4.95. The Morgan fingerprint density at radius 1 is 1.13 bits per heavy atom. The molecule has 0 radical (unpaired) electrons. The smallest absolute Gasteiger partial charge is 0.234 e. The summed E-state index contributed by atoms with van der Waals surface area (Å²) < 4.78 is 0. The molecule has 3 aromatic rings. The van der Waals surface area contributed by atoms with Gasteiger partial charge in [-0.2, -0.15) is 0 Å². The number of aromatic nitrogens is 1. The third kappa shape index (κ3) is 4.34. The molecule has 0 atom stereocenters. The van der Waals surface area contributed by atoms with Crippen molar-refractivity contribution in [1.29, 1.82) is 0 Å². The van der Waals surface area contributed by atoms with E-state index in [1.54, 1.807) is 0 Å². The molecule has 0 aliphatic carbocycles. The Labute approximate surface area is 142 Å². The molecule has 3 rings (SSSR count). The number of rotatable bonds is 5. The van der Waals surface area contributed by atoms with Gasteiger partial charge in [0.2, 0.25) is 5.91 Å². The highest BCUT2D eigenvalue weighted by atomic mass is 32.2. The molecule has 0 saturated heterocycles. The van der Waals surface area contributed by atoms with Gasteiger partial charge in [0.25, 0.3) is 0 Å². The van der Waals surface area contributed by atoms with Crippen LogP contribution in [0.1, 0.15) is 0 Å². The topological polar surface area (TPSA) is 68.0 Å². The number of hydrogen-bond acceptors (Lipinski definition) is 5. The van der Waals surface area contributed by atoms with E-state index in [-0.39, 0.29) is 5.91 Å². The number of amides is 1. The summed E-state index contributed by atoms with van der Waals surface area (Å²) in [4.78, 5) is 17.3. The average Bonchev–Trinajstić information content (AvgIpc) is 3.01. The normalized spacial score (nSPS) is 10.4. The van der Waals surface area contributed by atoms with Crippen LogP contribution in [0.3, 0.4) is 0 Å². The van der Waals surface area contributed by atoms with Crippen LogP contribution in [-0.2, 0) is 4.79 Å². The Morgan fingerprint density at radius 3 is 2.52 bits per heavy atom. The van der Waals surface area contributed by atoms with E-state index < -0.39 is 0 Å². The zero-order valence-electron chi connectivity index (χ0n) is 12.2. The number of thioether (sulfide) groups is 1. The fraction of sp³-hybridized carbons (Fsp3) is 0.0588. The maximum Gasteiger partial charge on any atom is 0.234 e. The molecule has 1 heterocycles. The first kappa shape index (κ1) is 15.6. The van der Waals surface area contributed by atoms with Gasteiger partial charge >= 0.3 is 0 Å². The van der Waals surface area contributed by atoms with Crippen molar-refractivity contribution in [2.45, 2.75) is 4.90 Å². The van der Waals surface area contributed by atoms with Gasteiger partial charge < -0.3 is 11.1 Å². The lowest BCUT2D eigenvalue weighted by Gasteiger charge is -2.06. The van der Waals surface area contributed by atoms with E-state index in [0.29, 0.717) is 10.9 Å². The van der Waals surface area contributed by atoms with Crippen molar-refractivity contribution in [3.8, 4) is 11.3 Å². The van der Waals surface area contributed by atoms with E-state index in [2.05, 4.69) is 10.3 Å². The molecule has 6 heteroatoms. The van der Waals surface area contributed by atoms with Crippen LogP contribution in [-0.4, -0.2) is 16.6 Å². The molecule has 1 aromatic heterocycles. The van der Waals surface area contributed by atoms with Crippen LogP contribution in [0.2, 0.25) is 0 Å². The monoisotopic (exact) mass is 341 g/mol. The van der Waals surface area contributed by atoms with Gasteiger partial charge in [0.15, 0.2) is 5.13 Å². The van der Waals surface area contributed by atoms with Crippen LogP contribution in [0.15, 0.2) is 64.9 Å². The summed E-state index contributed by atoms with van der Waals surface area (Å²) in [5.41, 5.74) is 8.25. The molecular formula is C17H15N3OS2. The van der Waals surface area contributed by atoms with E-state index in [9.17, 15) is 4.79 Å². The molecule has 23 heavy (non-hydrogen) atoms. The SMILES string of the molecule is Nc1nc(-c2ccc(NC(=O)CSc3ccccc3)cc2)cs1. The van der Waals surface area contributed by atoms with E-state index in [4.69, 9.17) is 5.73 Å². The molecule has 116 valence electrons. The van der Waals surface area contributed by atoms with Gasteiger partial charge in [0.1, 0.15) is 0 Å². The quantitative estimate of drug-likeness (QED) is 0.685. The highest BCUT2D eigenvalue weighted by Crippen LogP contribution is 2.24. The van der Waals surface area contributed by atoms with Gasteiger partial charge in [0.05, 0.1) is 11.4 Å². The molecule has 0 unspecified atom stereocenters. The van der Waals surface area contributed by atoms with Gasteiger partial charge in [-0.1, -0.05) is 30.3 Å². The van der Waals surface area contributed by atoms with Gasteiger partial charge in [-0.25, -0.2) is 4.98 Å². The van der Waals surface area contributed by atoms with Gasteiger partial charge in [-0.15, -0.1) is 23.1 Å². The number of carbonyl (C=O) groups excluding carboxylic acids is 1. The van der Waals surface area contributed by atoms with Crippen molar-refractivity contribution >= 4 is 39.8 Å². The standard InChI is InChI=1S/C17H15N3OS2/c18-17-20-15(10-23-17)12-6-8-13(9-7-12)19-16(21)11-22-14-4-2-1-3-5-14/h1-10H,11H2,(H2,18,20)(H,19,21). The summed E-state index contributed by atoms with van der Waals surface area (Å²) in [6.07, 6.45) is 0. The second-order valence-electron chi connectivity index (χ2n) is 4.80. The van der Waals surface area contributed by atoms with Crippen molar-refractivity contribution < 1.29 is 4.79 Å².